The number of methoxy groups -OCH3 is 1. The summed E-state index contributed by atoms with van der Waals surface area (Å²) in [6.45, 7) is 0.624. The minimum Gasteiger partial charge on any atom is -0.494 e. The lowest BCUT2D eigenvalue weighted by Gasteiger charge is -2.15. The Balaban J connectivity index is 1.51. The normalized spacial score (nSPS) is 12.4. The number of ether oxygens (including phenoxy) is 4. The van der Waals surface area contributed by atoms with E-state index in [0.717, 1.165) is 38.2 Å². The molecule has 4 aromatic carbocycles. The molecule has 0 fully saturated rings. The molecule has 164 valence electrons. The van der Waals surface area contributed by atoms with Gasteiger partial charge in [0.25, 0.3) is 0 Å². The van der Waals surface area contributed by atoms with Gasteiger partial charge in [-0.25, -0.2) is 0 Å². The van der Waals surface area contributed by atoms with Crippen LogP contribution in [0.3, 0.4) is 0 Å². The van der Waals surface area contributed by atoms with E-state index >= 15 is 0 Å². The van der Waals surface area contributed by atoms with Crippen LogP contribution in [0.5, 0.6) is 28.9 Å². The molecule has 6 nitrogen and oxygen atoms in total. The number of fused-ring (bicyclic) bond motifs is 4. The van der Waals surface area contributed by atoms with Crippen LogP contribution in [0.4, 0.5) is 0 Å². The number of H-pyrrole nitrogens is 1. The van der Waals surface area contributed by atoms with E-state index in [0.29, 0.717) is 29.6 Å². The molecular weight excluding hydrogens is 418 g/mol. The predicted octanol–water partition coefficient (Wildman–Crippen LogP) is 6.01. The summed E-state index contributed by atoms with van der Waals surface area (Å²) < 4.78 is 23.2. The Kier molecular flexibility index (Phi) is 4.50. The Bertz CT molecular complexity index is 1490. The summed E-state index contributed by atoms with van der Waals surface area (Å²) in [5.41, 5.74) is 2.92. The molecule has 0 atom stereocenters. The number of nitrogens with one attached hydrogen (secondary N) is 1. The summed E-state index contributed by atoms with van der Waals surface area (Å²) in [5.74, 6) is 2.81. The fourth-order valence-corrected chi connectivity index (χ4v) is 4.41. The zero-order valence-electron chi connectivity index (χ0n) is 17.9. The molecule has 1 aliphatic heterocycles. The van der Waals surface area contributed by atoms with Gasteiger partial charge in [-0.2, -0.15) is 0 Å². The van der Waals surface area contributed by atoms with Crippen LogP contribution in [0, 0.1) is 0 Å². The Hall–Kier alpha value is -4.32. The number of aromatic nitrogens is 1. The van der Waals surface area contributed by atoms with Gasteiger partial charge >= 0.3 is 0 Å². The van der Waals surface area contributed by atoms with Crippen molar-refractivity contribution in [3.8, 4) is 40.0 Å². The standard InChI is InChI=1S/C27H21NO5/c1-30-23-12-18(7-9-21(23)31-14-16-5-3-2-4-6-16)24-20-13-28-27(29)19(20)11-17-8-10-22-26(25(17)24)33-15-32-22/h2-13,28-29H,14-15H2,1H3. The average molecular weight is 439 g/mol. The topological polar surface area (TPSA) is 72.9 Å². The van der Waals surface area contributed by atoms with Gasteiger partial charge in [-0.05, 0) is 40.8 Å². The van der Waals surface area contributed by atoms with Gasteiger partial charge in [0.05, 0.1) is 7.11 Å². The second-order valence-electron chi connectivity index (χ2n) is 7.89. The van der Waals surface area contributed by atoms with E-state index in [9.17, 15) is 5.11 Å². The maximum Gasteiger partial charge on any atom is 0.231 e. The van der Waals surface area contributed by atoms with Crippen molar-refractivity contribution in [2.45, 2.75) is 6.61 Å². The Labute approximate surface area is 189 Å². The number of rotatable bonds is 5. The average Bonchev–Trinajstić information content (AvgIpc) is 3.49. The van der Waals surface area contributed by atoms with Crippen LogP contribution in [0.15, 0.2) is 72.9 Å². The van der Waals surface area contributed by atoms with Crippen molar-refractivity contribution in [3.05, 3.63) is 78.5 Å². The highest BCUT2D eigenvalue weighted by Crippen LogP contribution is 2.48. The summed E-state index contributed by atoms with van der Waals surface area (Å²) in [5, 5.41) is 13.9. The number of hydrogen-bond acceptors (Lipinski definition) is 5. The van der Waals surface area contributed by atoms with Gasteiger partial charge in [0.2, 0.25) is 6.79 Å². The van der Waals surface area contributed by atoms with Crippen LogP contribution >= 0.6 is 0 Å². The molecule has 0 spiro atoms. The van der Waals surface area contributed by atoms with Crippen LogP contribution in [0.25, 0.3) is 32.7 Å². The third kappa shape index (κ3) is 3.19. The lowest BCUT2D eigenvalue weighted by molar-refractivity contribution is 0.175. The summed E-state index contributed by atoms with van der Waals surface area (Å²) in [4.78, 5) is 2.94. The van der Waals surface area contributed by atoms with Gasteiger partial charge in [-0.15, -0.1) is 0 Å². The summed E-state index contributed by atoms with van der Waals surface area (Å²) in [7, 11) is 1.63. The molecule has 0 amide bonds. The Morgan fingerprint density at radius 3 is 2.67 bits per heavy atom. The van der Waals surface area contributed by atoms with Gasteiger partial charge < -0.3 is 29.0 Å². The molecule has 0 unspecified atom stereocenters. The van der Waals surface area contributed by atoms with Crippen molar-refractivity contribution in [2.75, 3.05) is 13.9 Å². The summed E-state index contributed by atoms with van der Waals surface area (Å²) >= 11 is 0. The molecule has 0 saturated heterocycles. The van der Waals surface area contributed by atoms with E-state index in [4.69, 9.17) is 18.9 Å². The lowest BCUT2D eigenvalue weighted by atomic mass is 9.93. The first kappa shape index (κ1) is 19.4. The van der Waals surface area contributed by atoms with Gasteiger partial charge in [-0.3, -0.25) is 0 Å². The fourth-order valence-electron chi connectivity index (χ4n) is 4.41. The molecule has 0 aliphatic carbocycles. The minimum atomic E-state index is 0.126. The maximum absolute atomic E-state index is 10.4. The zero-order valence-corrected chi connectivity index (χ0v) is 17.9. The van der Waals surface area contributed by atoms with Crippen LogP contribution < -0.4 is 18.9 Å². The molecule has 1 aromatic heterocycles. The molecule has 33 heavy (non-hydrogen) atoms. The van der Waals surface area contributed by atoms with E-state index < -0.39 is 0 Å². The van der Waals surface area contributed by atoms with Gasteiger partial charge in [0.1, 0.15) is 6.61 Å². The van der Waals surface area contributed by atoms with Crippen LogP contribution in [-0.4, -0.2) is 24.0 Å². The zero-order chi connectivity index (χ0) is 22.4. The third-order valence-electron chi connectivity index (χ3n) is 5.98. The number of aromatic amines is 1. The van der Waals surface area contributed by atoms with Crippen LogP contribution in [-0.2, 0) is 6.61 Å². The van der Waals surface area contributed by atoms with E-state index in [1.807, 2.05) is 66.7 Å². The molecule has 0 saturated carbocycles. The largest absolute Gasteiger partial charge is 0.494 e. The second kappa shape index (κ2) is 7.67. The molecule has 1 aliphatic rings. The quantitative estimate of drug-likeness (QED) is 0.351. The van der Waals surface area contributed by atoms with Gasteiger partial charge in [-0.1, -0.05) is 42.5 Å². The Morgan fingerprint density at radius 1 is 0.939 bits per heavy atom. The van der Waals surface area contributed by atoms with Crippen molar-refractivity contribution in [3.63, 3.8) is 0 Å². The lowest BCUT2D eigenvalue weighted by Crippen LogP contribution is -1.98. The van der Waals surface area contributed by atoms with Crippen LogP contribution in [0.1, 0.15) is 5.56 Å². The molecular formula is C27H21NO5. The Morgan fingerprint density at radius 2 is 1.82 bits per heavy atom. The first-order chi connectivity index (χ1) is 16.2. The minimum absolute atomic E-state index is 0.126. The maximum atomic E-state index is 10.4. The first-order valence-electron chi connectivity index (χ1n) is 10.6. The monoisotopic (exact) mass is 439 g/mol. The van der Waals surface area contributed by atoms with Crippen molar-refractivity contribution < 1.29 is 24.1 Å². The summed E-state index contributed by atoms with van der Waals surface area (Å²) in [6.07, 6.45) is 1.81. The molecule has 0 radical (unpaired) electrons. The molecule has 6 rings (SSSR count). The molecule has 6 heteroatoms. The third-order valence-corrected chi connectivity index (χ3v) is 5.98. The predicted molar refractivity (Wildman–Crippen MR) is 126 cm³/mol. The van der Waals surface area contributed by atoms with E-state index in [1.54, 1.807) is 13.3 Å². The number of aromatic hydroxyl groups is 1. The molecule has 0 bridgehead atoms. The first-order valence-corrected chi connectivity index (χ1v) is 10.6. The van der Waals surface area contributed by atoms with Crippen molar-refractivity contribution >= 4 is 21.5 Å². The van der Waals surface area contributed by atoms with Gasteiger partial charge in [0.15, 0.2) is 28.9 Å². The van der Waals surface area contributed by atoms with Crippen LogP contribution in [0.2, 0.25) is 0 Å². The fraction of sp³-hybridized carbons (Fsp3) is 0.111. The van der Waals surface area contributed by atoms with Crippen molar-refractivity contribution in [1.82, 2.24) is 4.98 Å². The molecule has 5 aromatic rings. The summed E-state index contributed by atoms with van der Waals surface area (Å²) in [6, 6.07) is 21.7. The number of hydrogen-bond donors (Lipinski definition) is 2. The number of benzene rings is 4. The van der Waals surface area contributed by atoms with Gasteiger partial charge in [0, 0.05) is 27.9 Å². The highest BCUT2D eigenvalue weighted by atomic mass is 16.7. The van der Waals surface area contributed by atoms with E-state index in [1.165, 1.54) is 0 Å². The van der Waals surface area contributed by atoms with Crippen molar-refractivity contribution in [2.24, 2.45) is 0 Å². The van der Waals surface area contributed by atoms with Crippen molar-refractivity contribution in [1.29, 1.82) is 0 Å². The highest BCUT2D eigenvalue weighted by Gasteiger charge is 2.23. The highest BCUT2D eigenvalue weighted by molar-refractivity contribution is 6.16. The molecule has 2 heterocycles. The SMILES string of the molecule is COc1cc(-c2c3c[nH]c(O)c3cc3ccc4c(c23)OCO4)ccc1OCc1ccccc1. The second-order valence-corrected chi connectivity index (χ2v) is 7.89. The van der Waals surface area contributed by atoms with E-state index in [-0.39, 0.29) is 12.7 Å². The molecule has 2 N–H and O–H groups in total. The van der Waals surface area contributed by atoms with E-state index in [2.05, 4.69) is 4.98 Å². The smallest absolute Gasteiger partial charge is 0.231 e.